The predicted molar refractivity (Wildman–Crippen MR) is 246 cm³/mol. The number of anilines is 3. The van der Waals surface area contributed by atoms with Crippen LogP contribution < -0.4 is 4.90 Å². The minimum atomic E-state index is 1.11. The molecular formula is C56H36N2. The van der Waals surface area contributed by atoms with E-state index in [-0.39, 0.29) is 0 Å². The van der Waals surface area contributed by atoms with E-state index >= 15 is 0 Å². The molecule has 0 aliphatic heterocycles. The number of benzene rings is 10. The number of hydrogen-bond acceptors (Lipinski definition) is 1. The normalized spacial score (nSPS) is 11.8. The summed E-state index contributed by atoms with van der Waals surface area (Å²) >= 11 is 0. The van der Waals surface area contributed by atoms with Crippen LogP contribution in [0.25, 0.3) is 93.5 Å². The van der Waals surface area contributed by atoms with Crippen molar-refractivity contribution in [1.29, 1.82) is 0 Å². The fourth-order valence-electron chi connectivity index (χ4n) is 9.60. The van der Waals surface area contributed by atoms with E-state index in [0.29, 0.717) is 0 Å². The Morgan fingerprint density at radius 2 is 0.948 bits per heavy atom. The molecule has 0 N–H and O–H groups in total. The fraction of sp³-hybridized carbons (Fsp3) is 0. The monoisotopic (exact) mass is 736 g/mol. The Morgan fingerprint density at radius 1 is 0.328 bits per heavy atom. The van der Waals surface area contributed by atoms with Gasteiger partial charge in [-0.15, -0.1) is 0 Å². The van der Waals surface area contributed by atoms with Crippen LogP contribution in [-0.4, -0.2) is 4.57 Å². The van der Waals surface area contributed by atoms with Crippen molar-refractivity contribution in [1.82, 2.24) is 4.57 Å². The Morgan fingerprint density at radius 3 is 1.83 bits per heavy atom. The van der Waals surface area contributed by atoms with Crippen LogP contribution in [0.4, 0.5) is 17.1 Å². The maximum atomic E-state index is 2.49. The summed E-state index contributed by atoms with van der Waals surface area (Å²) in [5, 5.41) is 7.60. The lowest BCUT2D eigenvalue weighted by molar-refractivity contribution is 1.18. The molecule has 270 valence electrons. The molecule has 0 fully saturated rings. The highest BCUT2D eigenvalue weighted by molar-refractivity contribution is 6.26. The van der Waals surface area contributed by atoms with Gasteiger partial charge in [0.1, 0.15) is 0 Å². The second kappa shape index (κ2) is 12.9. The molecule has 2 nitrogen and oxygen atoms in total. The first kappa shape index (κ1) is 32.6. The molecule has 0 atom stereocenters. The maximum Gasteiger partial charge on any atom is 0.0546 e. The summed E-state index contributed by atoms with van der Waals surface area (Å²) < 4.78 is 2.44. The number of nitrogens with zero attached hydrogens (tertiary/aromatic N) is 2. The Balaban J connectivity index is 1.13. The lowest BCUT2D eigenvalue weighted by atomic mass is 9.96. The van der Waals surface area contributed by atoms with Gasteiger partial charge >= 0.3 is 0 Å². The van der Waals surface area contributed by atoms with Crippen molar-refractivity contribution in [2.24, 2.45) is 0 Å². The molecule has 1 aliphatic carbocycles. The van der Waals surface area contributed by atoms with Crippen LogP contribution in [0.15, 0.2) is 218 Å². The Hall–Kier alpha value is -7.68. The van der Waals surface area contributed by atoms with E-state index < -0.39 is 0 Å². The molecule has 0 saturated carbocycles. The van der Waals surface area contributed by atoms with Crippen LogP contribution >= 0.6 is 0 Å². The molecule has 2 heteroatoms. The standard InChI is InChI=1S/C56H36N2/c1-3-16-37(17-4-1)39-21-13-23-42(35-39)57(53-31-15-28-48-55(53)47-27-14-22-41-34-40-20-7-8-25-45(40)56(48)54(41)47)43-32-33-52-49(36-43)46-26-10-12-30-51(46)58(52)50-29-11-9-24-44(50)38-18-5-2-6-19-38/h1-36H. The molecule has 1 aromatic heterocycles. The van der Waals surface area contributed by atoms with Gasteiger partial charge in [0.25, 0.3) is 0 Å². The van der Waals surface area contributed by atoms with E-state index in [4.69, 9.17) is 0 Å². The number of hydrogen-bond donors (Lipinski definition) is 0. The summed E-state index contributed by atoms with van der Waals surface area (Å²) in [6.45, 7) is 0. The van der Waals surface area contributed by atoms with Crippen molar-refractivity contribution in [3.05, 3.63) is 218 Å². The molecule has 1 aliphatic rings. The van der Waals surface area contributed by atoms with Crippen LogP contribution in [0, 0.1) is 0 Å². The molecule has 0 radical (unpaired) electrons. The molecule has 0 bridgehead atoms. The average Bonchev–Trinajstić information content (AvgIpc) is 3.81. The molecule has 0 unspecified atom stereocenters. The third kappa shape index (κ3) is 4.92. The van der Waals surface area contributed by atoms with Crippen molar-refractivity contribution in [3.63, 3.8) is 0 Å². The summed E-state index contributed by atoms with van der Waals surface area (Å²) in [5.41, 5.74) is 16.8. The molecule has 0 saturated heterocycles. The number of para-hydroxylation sites is 2. The topological polar surface area (TPSA) is 8.17 Å². The molecule has 58 heavy (non-hydrogen) atoms. The Labute approximate surface area is 337 Å². The largest absolute Gasteiger partial charge is 0.310 e. The SMILES string of the molecule is c1ccc(-c2cccc(N(c3ccc4c(c3)c3ccccc3n4-c3ccccc3-c3ccccc3)c3cccc4c3-c3cccc5cc6ccccc6c-4c35)c2)cc1. The van der Waals surface area contributed by atoms with Crippen LogP contribution in [-0.2, 0) is 0 Å². The molecular weight excluding hydrogens is 701 g/mol. The van der Waals surface area contributed by atoms with E-state index in [1.807, 2.05) is 0 Å². The number of fused-ring (bicyclic) bond motifs is 8. The van der Waals surface area contributed by atoms with Gasteiger partial charge in [0.2, 0.25) is 0 Å². The zero-order valence-electron chi connectivity index (χ0n) is 31.7. The third-order valence-electron chi connectivity index (χ3n) is 12.1. The van der Waals surface area contributed by atoms with Gasteiger partial charge in [-0.2, -0.15) is 0 Å². The summed E-state index contributed by atoms with van der Waals surface area (Å²) in [6.07, 6.45) is 0. The van der Waals surface area contributed by atoms with Crippen LogP contribution in [0.1, 0.15) is 0 Å². The molecule has 1 heterocycles. The second-order valence-electron chi connectivity index (χ2n) is 15.3. The van der Waals surface area contributed by atoms with Gasteiger partial charge in [0.15, 0.2) is 0 Å². The van der Waals surface area contributed by atoms with Gasteiger partial charge < -0.3 is 9.47 Å². The summed E-state index contributed by atoms with van der Waals surface area (Å²) in [7, 11) is 0. The van der Waals surface area contributed by atoms with Crippen LogP contribution in [0.3, 0.4) is 0 Å². The quantitative estimate of drug-likeness (QED) is 0.154. The fourth-order valence-corrected chi connectivity index (χ4v) is 9.60. The van der Waals surface area contributed by atoms with Crippen LogP contribution in [0.5, 0.6) is 0 Å². The van der Waals surface area contributed by atoms with Crippen molar-refractivity contribution in [2.45, 2.75) is 0 Å². The van der Waals surface area contributed by atoms with Crippen LogP contribution in [0.2, 0.25) is 0 Å². The molecule has 10 aromatic carbocycles. The van der Waals surface area contributed by atoms with E-state index in [9.17, 15) is 0 Å². The van der Waals surface area contributed by atoms with Gasteiger partial charge in [-0.25, -0.2) is 0 Å². The van der Waals surface area contributed by atoms with Gasteiger partial charge in [-0.1, -0.05) is 164 Å². The molecule has 0 amide bonds. The van der Waals surface area contributed by atoms with E-state index in [0.717, 1.165) is 17.1 Å². The minimum Gasteiger partial charge on any atom is -0.310 e. The summed E-state index contributed by atoms with van der Waals surface area (Å²) in [6, 6.07) is 80.0. The first-order chi connectivity index (χ1) is 28.8. The van der Waals surface area contributed by atoms with Crippen molar-refractivity contribution < 1.29 is 0 Å². The zero-order chi connectivity index (χ0) is 38.2. The average molecular weight is 737 g/mol. The first-order valence-corrected chi connectivity index (χ1v) is 20.0. The maximum absolute atomic E-state index is 2.49. The Kier molecular flexibility index (Phi) is 7.26. The van der Waals surface area contributed by atoms with Gasteiger partial charge in [0, 0.05) is 33.3 Å². The highest BCUT2D eigenvalue weighted by atomic mass is 15.1. The predicted octanol–water partition coefficient (Wildman–Crippen LogP) is 15.5. The highest BCUT2D eigenvalue weighted by Gasteiger charge is 2.29. The summed E-state index contributed by atoms with van der Waals surface area (Å²) in [5.74, 6) is 0. The molecule has 12 rings (SSSR count). The minimum absolute atomic E-state index is 1.11. The highest BCUT2D eigenvalue weighted by Crippen LogP contribution is 2.55. The van der Waals surface area contributed by atoms with Crippen molar-refractivity contribution in [3.8, 4) is 50.2 Å². The molecule has 0 spiro atoms. The first-order valence-electron chi connectivity index (χ1n) is 20.0. The van der Waals surface area contributed by atoms with Crippen molar-refractivity contribution in [2.75, 3.05) is 4.90 Å². The van der Waals surface area contributed by atoms with E-state index in [1.165, 1.54) is 93.5 Å². The van der Waals surface area contributed by atoms with E-state index in [2.05, 4.69) is 228 Å². The van der Waals surface area contributed by atoms with Gasteiger partial charge in [-0.05, 0) is 110 Å². The van der Waals surface area contributed by atoms with Gasteiger partial charge in [-0.3, -0.25) is 0 Å². The third-order valence-corrected chi connectivity index (χ3v) is 12.1. The number of rotatable bonds is 6. The lowest BCUT2D eigenvalue weighted by Gasteiger charge is -2.28. The summed E-state index contributed by atoms with van der Waals surface area (Å²) in [4.78, 5) is 2.49. The van der Waals surface area contributed by atoms with Gasteiger partial charge in [0.05, 0.1) is 22.4 Å². The smallest absolute Gasteiger partial charge is 0.0546 e. The Bertz CT molecular complexity index is 3390. The molecule has 11 aromatic rings. The lowest BCUT2D eigenvalue weighted by Crippen LogP contribution is -2.11. The zero-order valence-corrected chi connectivity index (χ0v) is 31.7. The number of aromatic nitrogens is 1. The van der Waals surface area contributed by atoms with E-state index in [1.54, 1.807) is 0 Å². The van der Waals surface area contributed by atoms with Crippen molar-refractivity contribution >= 4 is 60.4 Å². The second-order valence-corrected chi connectivity index (χ2v) is 15.3.